The van der Waals surface area contributed by atoms with Crippen molar-refractivity contribution in [1.29, 1.82) is 0 Å². The van der Waals surface area contributed by atoms with Crippen LogP contribution in [0.1, 0.15) is 96.5 Å². The highest BCUT2D eigenvalue weighted by atomic mass is 32.2. The summed E-state index contributed by atoms with van der Waals surface area (Å²) in [6, 6.07) is 11.8. The number of hydrogen-bond donors (Lipinski definition) is 4. The zero-order valence-electron chi connectivity index (χ0n) is 29.5. The van der Waals surface area contributed by atoms with Crippen LogP contribution in [0.4, 0.5) is 0 Å². The summed E-state index contributed by atoms with van der Waals surface area (Å²) in [4.78, 5) is 28.0. The molecule has 0 unspecified atom stereocenters. The molecule has 0 spiro atoms. The molecular weight excluding hydrogens is 642 g/mol. The molecule has 274 valence electrons. The van der Waals surface area contributed by atoms with Crippen molar-refractivity contribution in [3.8, 4) is 0 Å². The molecule has 2 aromatic rings. The fraction of sp³-hybridized carbons (Fsp3) is 0.684. The van der Waals surface area contributed by atoms with Gasteiger partial charge in [-0.05, 0) is 60.8 Å². The van der Waals surface area contributed by atoms with Crippen molar-refractivity contribution in [3.05, 3.63) is 53.2 Å². The lowest BCUT2D eigenvalue weighted by atomic mass is 9.83. The van der Waals surface area contributed by atoms with Crippen molar-refractivity contribution in [1.82, 2.24) is 10.6 Å². The maximum atomic E-state index is 14.0. The molecule has 10 nitrogen and oxygen atoms in total. The van der Waals surface area contributed by atoms with E-state index in [1.807, 2.05) is 49.4 Å². The summed E-state index contributed by atoms with van der Waals surface area (Å²) in [5, 5.41) is 43.7. The Morgan fingerprint density at radius 2 is 1.59 bits per heavy atom. The van der Waals surface area contributed by atoms with Gasteiger partial charge in [0.25, 0.3) is 0 Å². The van der Waals surface area contributed by atoms with Crippen LogP contribution in [0.2, 0.25) is 0 Å². The average Bonchev–Trinajstić information content (AvgIpc) is 3.09. The summed E-state index contributed by atoms with van der Waals surface area (Å²) in [6.45, 7) is 4.23. The molecule has 5 atom stereocenters. The van der Waals surface area contributed by atoms with E-state index in [9.17, 15) is 33.4 Å². The highest BCUT2D eigenvalue weighted by Gasteiger charge is 2.37. The number of nitrogens with one attached hydrogen (secondary N) is 2. The smallest absolute Gasteiger partial charge is 0.242 e. The molecule has 11 heteroatoms. The fourth-order valence-corrected chi connectivity index (χ4v) is 8.81. The minimum atomic E-state index is -3.53. The van der Waals surface area contributed by atoms with Crippen LogP contribution in [0.5, 0.6) is 0 Å². The summed E-state index contributed by atoms with van der Waals surface area (Å²) >= 11 is 0. The number of aliphatic hydroxyl groups is 2. The first kappa shape index (κ1) is 39.2. The predicted molar refractivity (Wildman–Crippen MR) is 194 cm³/mol. The number of carbonyl (C=O) groups is 2. The number of fused-ring (bicyclic) bond motifs is 1. The van der Waals surface area contributed by atoms with Crippen LogP contribution >= 0.6 is 0 Å². The van der Waals surface area contributed by atoms with Crippen molar-refractivity contribution >= 4 is 32.4 Å². The van der Waals surface area contributed by atoms with Crippen LogP contribution in [-0.2, 0) is 25.8 Å². The first-order valence-corrected chi connectivity index (χ1v) is 20.5. The molecule has 0 aromatic heterocycles. The highest BCUT2D eigenvalue weighted by molar-refractivity contribution is 7.91. The molecule has 2 amide bonds. The molecule has 1 aliphatic heterocycles. The van der Waals surface area contributed by atoms with Gasteiger partial charge in [0.2, 0.25) is 11.8 Å². The second-order valence-electron chi connectivity index (χ2n) is 14.6. The van der Waals surface area contributed by atoms with Crippen molar-refractivity contribution < 1.29 is 32.9 Å². The highest BCUT2D eigenvalue weighted by Crippen LogP contribution is 2.29. The van der Waals surface area contributed by atoms with Crippen LogP contribution in [0.3, 0.4) is 0 Å². The first-order chi connectivity index (χ1) is 23.4. The first-order valence-electron chi connectivity index (χ1n) is 18.6. The number of piperidine rings is 1. The molecule has 1 saturated heterocycles. The Hall–Kier alpha value is -2.57. The molecule has 49 heavy (non-hydrogen) atoms. The van der Waals surface area contributed by atoms with E-state index in [1.165, 1.54) is 0 Å². The monoisotopic (exact) mass is 701 g/mol. The Bertz CT molecular complexity index is 1450. The van der Waals surface area contributed by atoms with Crippen molar-refractivity contribution in [2.75, 3.05) is 31.1 Å². The van der Waals surface area contributed by atoms with Gasteiger partial charge < -0.3 is 30.7 Å². The lowest BCUT2D eigenvalue weighted by Gasteiger charge is -2.47. The van der Waals surface area contributed by atoms with E-state index in [2.05, 4.69) is 10.6 Å². The van der Waals surface area contributed by atoms with Gasteiger partial charge in [-0.25, -0.2) is 8.42 Å². The molecule has 4 rings (SSSR count). The quantitative estimate of drug-likeness (QED) is 0.129. The van der Waals surface area contributed by atoms with Gasteiger partial charge in [-0.15, -0.1) is 0 Å². The number of hydroxylamine groups is 3. The number of rotatable bonds is 18. The molecule has 2 aromatic carbocycles. The summed E-state index contributed by atoms with van der Waals surface area (Å²) in [6.07, 6.45) is 7.55. The van der Waals surface area contributed by atoms with Gasteiger partial charge in [0, 0.05) is 5.75 Å². The van der Waals surface area contributed by atoms with E-state index in [1.54, 1.807) is 6.92 Å². The minimum absolute atomic E-state index is 0.0987. The molecule has 2 fully saturated rings. The maximum absolute atomic E-state index is 14.0. The Morgan fingerprint density at radius 3 is 2.29 bits per heavy atom. The number of nitrogens with zero attached hydrogens (tertiary/aromatic N) is 1. The molecule has 4 N–H and O–H groups in total. The van der Waals surface area contributed by atoms with Crippen LogP contribution < -0.4 is 10.6 Å². The summed E-state index contributed by atoms with van der Waals surface area (Å²) in [7, 11) is -3.53. The minimum Gasteiger partial charge on any atom is -0.633 e. The predicted octanol–water partition coefficient (Wildman–Crippen LogP) is 4.78. The second-order valence-corrected chi connectivity index (χ2v) is 17.0. The third kappa shape index (κ3) is 11.7. The maximum Gasteiger partial charge on any atom is 0.242 e. The molecule has 0 bridgehead atoms. The normalized spacial score (nSPS) is 20.2. The van der Waals surface area contributed by atoms with Crippen molar-refractivity contribution in [3.63, 3.8) is 0 Å². The summed E-state index contributed by atoms with van der Waals surface area (Å²) < 4.78 is 25.2. The molecule has 1 heterocycles. The molecule has 1 saturated carbocycles. The van der Waals surface area contributed by atoms with Crippen LogP contribution in [-0.4, -0.2) is 90.5 Å². The van der Waals surface area contributed by atoms with Crippen molar-refractivity contribution in [2.45, 2.75) is 122 Å². The van der Waals surface area contributed by atoms with Gasteiger partial charge in [0.15, 0.2) is 9.84 Å². The number of quaternary nitrogens is 1. The molecular formula is C38H59N3O7S. The molecule has 1 aliphatic carbocycles. The Kier molecular flexibility index (Phi) is 14.9. The number of unbranched alkanes of at least 4 members (excludes halogenated alkanes) is 1. The molecule has 0 radical (unpaired) electrons. The Morgan fingerprint density at radius 1 is 0.918 bits per heavy atom. The largest absolute Gasteiger partial charge is 0.633 e. The van der Waals surface area contributed by atoms with E-state index in [0.29, 0.717) is 32.4 Å². The summed E-state index contributed by atoms with van der Waals surface area (Å²) in [5.74, 6) is -2.07. The van der Waals surface area contributed by atoms with Gasteiger partial charge in [-0.3, -0.25) is 9.59 Å². The number of hydrogen-bond acceptors (Lipinski definition) is 7. The Balaban J connectivity index is 1.54. The third-order valence-corrected chi connectivity index (χ3v) is 12.5. The van der Waals surface area contributed by atoms with Gasteiger partial charge in [0.05, 0.1) is 30.8 Å². The SMILES string of the molecule is CCCC[C@H](NC(=O)[C@H](Cc1cccc2ccccc12)CS(=O)(=O)CC)C(=O)N[C@@H](CC1CCCCC1)[C@@H](O)[C@@H](O)C[N+]1([O-])CCCCC1. The number of likely N-dealkylation sites (tertiary alicyclic amines) is 1. The summed E-state index contributed by atoms with van der Waals surface area (Å²) in [5.41, 5.74) is 0.858. The van der Waals surface area contributed by atoms with Gasteiger partial charge in [0.1, 0.15) is 24.8 Å². The zero-order valence-corrected chi connectivity index (χ0v) is 30.3. The van der Waals surface area contributed by atoms with Gasteiger partial charge >= 0.3 is 0 Å². The Labute approximate surface area is 293 Å². The second kappa shape index (κ2) is 18.6. The number of sulfone groups is 1. The van der Waals surface area contributed by atoms with Gasteiger partial charge in [-0.1, -0.05) is 101 Å². The van der Waals surface area contributed by atoms with Crippen LogP contribution in [0, 0.1) is 17.0 Å². The number of carbonyl (C=O) groups excluding carboxylic acids is 2. The van der Waals surface area contributed by atoms with Crippen LogP contribution in [0.25, 0.3) is 10.8 Å². The average molecular weight is 702 g/mol. The van der Waals surface area contributed by atoms with E-state index >= 15 is 0 Å². The lowest BCUT2D eigenvalue weighted by molar-refractivity contribution is -0.888. The van der Waals surface area contributed by atoms with Crippen molar-refractivity contribution in [2.24, 2.45) is 11.8 Å². The number of amides is 2. The van der Waals surface area contributed by atoms with Gasteiger partial charge in [-0.2, -0.15) is 0 Å². The number of aliphatic hydroxyl groups excluding tert-OH is 2. The lowest BCUT2D eigenvalue weighted by Crippen LogP contribution is -2.59. The molecule has 2 aliphatic rings. The van der Waals surface area contributed by atoms with E-state index in [4.69, 9.17) is 0 Å². The zero-order chi connectivity index (χ0) is 35.4. The topological polar surface area (TPSA) is 156 Å². The van der Waals surface area contributed by atoms with E-state index in [0.717, 1.165) is 74.1 Å². The van der Waals surface area contributed by atoms with E-state index < -0.39 is 56.5 Å². The number of benzene rings is 2. The van der Waals surface area contributed by atoms with Crippen LogP contribution in [0.15, 0.2) is 42.5 Å². The fourth-order valence-electron chi connectivity index (χ4n) is 7.69. The third-order valence-electron chi connectivity index (χ3n) is 10.7. The standard InChI is InChI=1S/C38H59N3O7S/c1-3-5-21-33(39-37(44)31(27-49(47,48)4-2)25-30-19-14-18-29-17-10-11-20-32(29)30)38(45)40-34(24-28-15-8-6-9-16-28)36(43)35(42)26-41(46)22-12-7-13-23-41/h10-11,14,17-20,28,31,33-36,42-43H,3-9,12-13,15-16,21-27H2,1-2H3,(H,39,44)(H,40,45)/t31-,33+,34+,35+,36-/m1/s1. The van der Waals surface area contributed by atoms with E-state index in [-0.39, 0.29) is 30.4 Å².